The number of hydrogen-bond acceptors (Lipinski definition) is 2. The Balaban J connectivity index is 2.86. The summed E-state index contributed by atoms with van der Waals surface area (Å²) < 4.78 is 0. The van der Waals surface area contributed by atoms with Gasteiger partial charge in [0.25, 0.3) is 0 Å². The molecule has 0 saturated carbocycles. The molecular weight excluding hydrogens is 164 g/mol. The predicted molar refractivity (Wildman–Crippen MR) is 53.3 cm³/mol. The molecule has 1 atom stereocenters. The zero-order valence-electron chi connectivity index (χ0n) is 8.84. The Hall–Kier alpha value is -0.570. The molecule has 13 heavy (non-hydrogen) atoms. The molecule has 0 spiro atoms. The topological polar surface area (TPSA) is 46.3 Å². The van der Waals surface area contributed by atoms with Crippen molar-refractivity contribution >= 4 is 5.91 Å². The molecule has 1 amide bonds. The summed E-state index contributed by atoms with van der Waals surface area (Å²) >= 11 is 0. The van der Waals surface area contributed by atoms with Crippen molar-refractivity contribution in [3.8, 4) is 0 Å². The smallest absolute Gasteiger partial charge is 0.239 e. The van der Waals surface area contributed by atoms with Gasteiger partial charge in [-0.2, -0.15) is 0 Å². The van der Waals surface area contributed by atoms with Crippen molar-refractivity contribution < 1.29 is 4.79 Å². The molecule has 0 aliphatic carbocycles. The van der Waals surface area contributed by atoms with Crippen LogP contribution < -0.4 is 5.73 Å². The van der Waals surface area contributed by atoms with Gasteiger partial charge < -0.3 is 10.6 Å². The second-order valence-electron chi connectivity index (χ2n) is 4.39. The van der Waals surface area contributed by atoms with Crippen LogP contribution in [0.2, 0.25) is 0 Å². The molecule has 3 nitrogen and oxygen atoms in total. The molecule has 2 N–H and O–H groups in total. The van der Waals surface area contributed by atoms with Crippen molar-refractivity contribution in [3.63, 3.8) is 0 Å². The van der Waals surface area contributed by atoms with Crippen LogP contribution in [0.25, 0.3) is 0 Å². The Kier molecular flexibility index (Phi) is 2.96. The van der Waals surface area contributed by atoms with E-state index in [1.807, 2.05) is 11.8 Å². The average Bonchev–Trinajstić information content (AvgIpc) is 2.11. The lowest BCUT2D eigenvalue weighted by Crippen LogP contribution is -2.51. The molecule has 0 aromatic heterocycles. The van der Waals surface area contributed by atoms with Crippen LogP contribution in [0.15, 0.2) is 0 Å². The third-order valence-electron chi connectivity index (χ3n) is 2.93. The van der Waals surface area contributed by atoms with E-state index in [4.69, 9.17) is 5.73 Å². The minimum atomic E-state index is -0.276. The highest BCUT2D eigenvalue weighted by atomic mass is 16.2. The van der Waals surface area contributed by atoms with E-state index >= 15 is 0 Å². The Morgan fingerprint density at radius 1 is 1.62 bits per heavy atom. The summed E-state index contributed by atoms with van der Waals surface area (Å²) in [4.78, 5) is 13.7. The maximum Gasteiger partial charge on any atom is 0.239 e. The number of carbonyl (C=O) groups is 1. The fraction of sp³-hybridized carbons (Fsp3) is 0.900. The van der Waals surface area contributed by atoms with E-state index < -0.39 is 0 Å². The van der Waals surface area contributed by atoms with Crippen molar-refractivity contribution in [2.24, 2.45) is 5.73 Å². The average molecular weight is 184 g/mol. The third-order valence-corrected chi connectivity index (χ3v) is 2.93. The first kappa shape index (κ1) is 10.5. The van der Waals surface area contributed by atoms with Gasteiger partial charge >= 0.3 is 0 Å². The quantitative estimate of drug-likeness (QED) is 0.664. The number of hydrogen-bond donors (Lipinski definition) is 1. The Morgan fingerprint density at radius 3 is 2.77 bits per heavy atom. The van der Waals surface area contributed by atoms with E-state index in [9.17, 15) is 4.79 Å². The van der Waals surface area contributed by atoms with Gasteiger partial charge in [-0.25, -0.2) is 0 Å². The number of likely N-dealkylation sites (N-methyl/N-ethyl adjacent to an activating group) is 1. The van der Waals surface area contributed by atoms with Crippen LogP contribution in [-0.4, -0.2) is 28.9 Å². The second-order valence-corrected chi connectivity index (χ2v) is 4.39. The third kappa shape index (κ3) is 2.02. The van der Waals surface area contributed by atoms with Crippen LogP contribution in [0.1, 0.15) is 40.0 Å². The minimum Gasteiger partial charge on any atom is -0.337 e. The van der Waals surface area contributed by atoms with E-state index in [0.29, 0.717) is 0 Å². The Labute approximate surface area is 80.3 Å². The van der Waals surface area contributed by atoms with Gasteiger partial charge in [0.05, 0.1) is 6.04 Å². The maximum absolute atomic E-state index is 11.8. The first-order valence-electron chi connectivity index (χ1n) is 5.06. The lowest BCUT2D eigenvalue weighted by molar-refractivity contribution is -0.136. The molecule has 0 aromatic rings. The highest BCUT2D eigenvalue weighted by molar-refractivity contribution is 5.82. The van der Waals surface area contributed by atoms with Gasteiger partial charge in [0.1, 0.15) is 0 Å². The number of nitrogens with zero attached hydrogens (tertiary/aromatic N) is 1. The molecular formula is C10H20N2O. The van der Waals surface area contributed by atoms with E-state index in [-0.39, 0.29) is 17.5 Å². The van der Waals surface area contributed by atoms with Gasteiger partial charge in [-0.05, 0) is 40.0 Å². The van der Waals surface area contributed by atoms with E-state index in [2.05, 4.69) is 13.8 Å². The Morgan fingerprint density at radius 2 is 2.23 bits per heavy atom. The fourth-order valence-electron chi connectivity index (χ4n) is 2.10. The first-order chi connectivity index (χ1) is 5.99. The lowest BCUT2D eigenvalue weighted by atomic mass is 9.97. The van der Waals surface area contributed by atoms with E-state index in [1.165, 1.54) is 0 Å². The zero-order valence-corrected chi connectivity index (χ0v) is 8.84. The molecule has 76 valence electrons. The number of nitrogens with two attached hydrogens (primary N) is 1. The van der Waals surface area contributed by atoms with Gasteiger partial charge in [0.2, 0.25) is 5.91 Å². The number of carbonyl (C=O) groups excluding carboxylic acids is 1. The highest BCUT2D eigenvalue weighted by Gasteiger charge is 2.34. The summed E-state index contributed by atoms with van der Waals surface area (Å²) in [7, 11) is 0. The standard InChI is InChI=1S/C10H20N2O/c1-4-12-9(13)8(11)6-5-7-10(12,2)3/h8H,4-7,11H2,1-3H3/t8-/m0/s1. The summed E-state index contributed by atoms with van der Waals surface area (Å²) in [5, 5.41) is 0. The summed E-state index contributed by atoms with van der Waals surface area (Å²) in [5.41, 5.74) is 5.76. The molecule has 1 fully saturated rings. The van der Waals surface area contributed by atoms with Crippen LogP contribution in [-0.2, 0) is 4.79 Å². The van der Waals surface area contributed by atoms with E-state index in [0.717, 1.165) is 25.8 Å². The molecule has 3 heteroatoms. The van der Waals surface area contributed by atoms with Crippen LogP contribution in [0.4, 0.5) is 0 Å². The second kappa shape index (κ2) is 3.66. The van der Waals surface area contributed by atoms with Crippen molar-refractivity contribution in [3.05, 3.63) is 0 Å². The summed E-state index contributed by atoms with van der Waals surface area (Å²) in [6, 6.07) is -0.276. The summed E-state index contributed by atoms with van der Waals surface area (Å²) in [5.74, 6) is 0.116. The van der Waals surface area contributed by atoms with Gasteiger partial charge in [-0.15, -0.1) is 0 Å². The van der Waals surface area contributed by atoms with Crippen LogP contribution >= 0.6 is 0 Å². The normalized spacial score (nSPS) is 28.8. The van der Waals surface area contributed by atoms with Gasteiger partial charge in [-0.3, -0.25) is 4.79 Å². The molecule has 0 bridgehead atoms. The molecule has 1 heterocycles. The highest BCUT2D eigenvalue weighted by Crippen LogP contribution is 2.26. The zero-order chi connectivity index (χ0) is 10.1. The fourth-order valence-corrected chi connectivity index (χ4v) is 2.10. The first-order valence-corrected chi connectivity index (χ1v) is 5.06. The monoisotopic (exact) mass is 184 g/mol. The Bertz CT molecular complexity index is 201. The molecule has 1 rings (SSSR count). The maximum atomic E-state index is 11.8. The molecule has 0 unspecified atom stereocenters. The van der Waals surface area contributed by atoms with Crippen molar-refractivity contribution in [1.29, 1.82) is 0 Å². The van der Waals surface area contributed by atoms with Crippen molar-refractivity contribution in [2.75, 3.05) is 6.54 Å². The summed E-state index contributed by atoms with van der Waals surface area (Å²) in [6.45, 7) is 7.01. The van der Waals surface area contributed by atoms with Gasteiger partial charge in [-0.1, -0.05) is 0 Å². The van der Waals surface area contributed by atoms with Gasteiger partial charge in [0.15, 0.2) is 0 Å². The molecule has 0 radical (unpaired) electrons. The molecule has 0 aromatic carbocycles. The van der Waals surface area contributed by atoms with Crippen LogP contribution in [0, 0.1) is 0 Å². The van der Waals surface area contributed by atoms with Crippen molar-refractivity contribution in [2.45, 2.75) is 51.6 Å². The van der Waals surface area contributed by atoms with Crippen LogP contribution in [0.5, 0.6) is 0 Å². The molecule has 1 aliphatic rings. The minimum absolute atomic E-state index is 0.0139. The van der Waals surface area contributed by atoms with Gasteiger partial charge in [0, 0.05) is 12.1 Å². The number of rotatable bonds is 1. The molecule has 1 aliphatic heterocycles. The lowest BCUT2D eigenvalue weighted by Gasteiger charge is -2.37. The SMILES string of the molecule is CCN1C(=O)[C@@H](N)CCCC1(C)C. The molecule has 1 saturated heterocycles. The van der Waals surface area contributed by atoms with Crippen molar-refractivity contribution in [1.82, 2.24) is 4.90 Å². The van der Waals surface area contributed by atoms with E-state index in [1.54, 1.807) is 0 Å². The van der Waals surface area contributed by atoms with Crippen LogP contribution in [0.3, 0.4) is 0 Å². The number of amides is 1. The number of likely N-dealkylation sites (tertiary alicyclic amines) is 1. The predicted octanol–water partition coefficient (Wildman–Crippen LogP) is 1.12. The largest absolute Gasteiger partial charge is 0.337 e. The summed E-state index contributed by atoms with van der Waals surface area (Å²) in [6.07, 6.45) is 2.94.